The van der Waals surface area contributed by atoms with Gasteiger partial charge < -0.3 is 10.1 Å². The Morgan fingerprint density at radius 3 is 2.91 bits per heavy atom. The van der Waals surface area contributed by atoms with Crippen molar-refractivity contribution in [3.8, 4) is 0 Å². The van der Waals surface area contributed by atoms with E-state index in [0.717, 1.165) is 23.0 Å². The lowest BCUT2D eigenvalue weighted by atomic mass is 10.1. The molecule has 2 rings (SSSR count). The first kappa shape index (κ1) is 16.7. The quantitative estimate of drug-likeness (QED) is 0.694. The highest BCUT2D eigenvalue weighted by molar-refractivity contribution is 9.10. The van der Waals surface area contributed by atoms with Crippen molar-refractivity contribution in [2.24, 2.45) is 0 Å². The summed E-state index contributed by atoms with van der Waals surface area (Å²) in [4.78, 5) is 11.8. The minimum absolute atomic E-state index is 0.0476. The molecule has 1 aromatic heterocycles. The van der Waals surface area contributed by atoms with Gasteiger partial charge in [0, 0.05) is 29.8 Å². The second-order valence-electron chi connectivity index (χ2n) is 4.82. The van der Waals surface area contributed by atoms with Gasteiger partial charge in [0.15, 0.2) is 0 Å². The number of rotatable bonds is 9. The zero-order valence-electron chi connectivity index (χ0n) is 12.4. The lowest BCUT2D eigenvalue weighted by Crippen LogP contribution is -2.27. The van der Waals surface area contributed by atoms with Crippen molar-refractivity contribution in [3.63, 3.8) is 0 Å². The van der Waals surface area contributed by atoms with Crippen LogP contribution in [0.1, 0.15) is 12.0 Å². The van der Waals surface area contributed by atoms with Gasteiger partial charge in [-0.1, -0.05) is 34.1 Å². The van der Waals surface area contributed by atoms with E-state index in [1.54, 1.807) is 6.20 Å². The van der Waals surface area contributed by atoms with Crippen LogP contribution in [0, 0.1) is 0 Å². The standard InChI is InChI=1S/C16H20BrN3O2/c17-15-5-2-1-4-14(15)6-7-16(21)18-9-12-22-13-11-20-10-3-8-19-20/h1-5,8,10H,6-7,9,11-13H2,(H,18,21). The molecule has 5 nitrogen and oxygen atoms in total. The molecule has 1 amide bonds. The van der Waals surface area contributed by atoms with Crippen LogP contribution in [-0.2, 0) is 22.5 Å². The van der Waals surface area contributed by atoms with Crippen LogP contribution in [0.25, 0.3) is 0 Å². The predicted molar refractivity (Wildman–Crippen MR) is 88.5 cm³/mol. The van der Waals surface area contributed by atoms with Crippen molar-refractivity contribution in [1.82, 2.24) is 15.1 Å². The minimum atomic E-state index is 0.0476. The normalized spacial score (nSPS) is 10.6. The van der Waals surface area contributed by atoms with Crippen LogP contribution in [0.4, 0.5) is 0 Å². The highest BCUT2D eigenvalue weighted by Crippen LogP contribution is 2.17. The molecule has 22 heavy (non-hydrogen) atoms. The summed E-state index contributed by atoms with van der Waals surface area (Å²) >= 11 is 3.49. The number of carbonyl (C=O) groups is 1. The fourth-order valence-electron chi connectivity index (χ4n) is 1.99. The van der Waals surface area contributed by atoms with Gasteiger partial charge in [0.05, 0.1) is 19.8 Å². The maximum absolute atomic E-state index is 11.8. The molecule has 2 aromatic rings. The molecule has 0 fully saturated rings. The molecule has 0 unspecified atom stereocenters. The van der Waals surface area contributed by atoms with Crippen LogP contribution in [0.2, 0.25) is 0 Å². The number of ether oxygens (including phenoxy) is 1. The van der Waals surface area contributed by atoms with E-state index in [-0.39, 0.29) is 5.91 Å². The van der Waals surface area contributed by atoms with Gasteiger partial charge in [0.2, 0.25) is 5.91 Å². The molecule has 1 N–H and O–H groups in total. The number of halogens is 1. The molecule has 0 aliphatic carbocycles. The molecular formula is C16H20BrN3O2. The number of benzene rings is 1. The first-order valence-electron chi connectivity index (χ1n) is 7.31. The van der Waals surface area contributed by atoms with Crippen molar-refractivity contribution in [1.29, 1.82) is 0 Å². The van der Waals surface area contributed by atoms with Crippen molar-refractivity contribution >= 4 is 21.8 Å². The number of carbonyl (C=O) groups excluding carboxylic acids is 1. The number of hydrogen-bond donors (Lipinski definition) is 1. The van der Waals surface area contributed by atoms with E-state index in [0.29, 0.717) is 26.2 Å². The average molecular weight is 366 g/mol. The molecule has 0 bridgehead atoms. The first-order valence-corrected chi connectivity index (χ1v) is 8.10. The Labute approximate surface area is 138 Å². The maximum Gasteiger partial charge on any atom is 0.220 e. The highest BCUT2D eigenvalue weighted by atomic mass is 79.9. The molecule has 0 aliphatic heterocycles. The molecule has 0 aliphatic rings. The second-order valence-corrected chi connectivity index (χ2v) is 5.68. The maximum atomic E-state index is 11.8. The van der Waals surface area contributed by atoms with Gasteiger partial charge in [0.25, 0.3) is 0 Å². The fraction of sp³-hybridized carbons (Fsp3) is 0.375. The van der Waals surface area contributed by atoms with E-state index in [1.807, 2.05) is 41.2 Å². The topological polar surface area (TPSA) is 56.1 Å². The Hall–Kier alpha value is -1.66. The highest BCUT2D eigenvalue weighted by Gasteiger charge is 2.04. The van der Waals surface area contributed by atoms with Gasteiger partial charge in [-0.3, -0.25) is 9.48 Å². The van der Waals surface area contributed by atoms with E-state index in [4.69, 9.17) is 4.74 Å². The molecular weight excluding hydrogens is 346 g/mol. The Morgan fingerprint density at radius 2 is 2.14 bits per heavy atom. The summed E-state index contributed by atoms with van der Waals surface area (Å²) in [5.74, 6) is 0.0476. The van der Waals surface area contributed by atoms with Crippen molar-refractivity contribution in [2.45, 2.75) is 19.4 Å². The van der Waals surface area contributed by atoms with Gasteiger partial charge in [-0.05, 0) is 24.1 Å². The number of nitrogens with zero attached hydrogens (tertiary/aromatic N) is 2. The summed E-state index contributed by atoms with van der Waals surface area (Å²) in [5, 5.41) is 6.95. The summed E-state index contributed by atoms with van der Waals surface area (Å²) in [7, 11) is 0. The molecule has 0 saturated carbocycles. The summed E-state index contributed by atoms with van der Waals surface area (Å²) in [6.07, 6.45) is 4.85. The number of aromatic nitrogens is 2. The largest absolute Gasteiger partial charge is 0.378 e. The van der Waals surface area contributed by atoms with E-state index in [9.17, 15) is 4.79 Å². The van der Waals surface area contributed by atoms with Crippen LogP contribution in [-0.4, -0.2) is 35.4 Å². The van der Waals surface area contributed by atoms with Crippen LogP contribution in [0.3, 0.4) is 0 Å². The van der Waals surface area contributed by atoms with Gasteiger partial charge >= 0.3 is 0 Å². The number of amides is 1. The fourth-order valence-corrected chi connectivity index (χ4v) is 2.48. The van der Waals surface area contributed by atoms with E-state index >= 15 is 0 Å². The average Bonchev–Trinajstić information content (AvgIpc) is 3.03. The lowest BCUT2D eigenvalue weighted by molar-refractivity contribution is -0.121. The van der Waals surface area contributed by atoms with Gasteiger partial charge in [-0.15, -0.1) is 0 Å². The Kier molecular flexibility index (Phi) is 7.12. The summed E-state index contributed by atoms with van der Waals surface area (Å²) in [5.41, 5.74) is 1.15. The molecule has 1 heterocycles. The molecule has 0 radical (unpaired) electrons. The third-order valence-corrected chi connectivity index (χ3v) is 3.95. The van der Waals surface area contributed by atoms with Crippen molar-refractivity contribution < 1.29 is 9.53 Å². The predicted octanol–water partition coefficient (Wildman–Crippen LogP) is 2.41. The van der Waals surface area contributed by atoms with Gasteiger partial charge in [-0.2, -0.15) is 5.10 Å². The Morgan fingerprint density at radius 1 is 1.27 bits per heavy atom. The number of hydrogen-bond acceptors (Lipinski definition) is 3. The number of aryl methyl sites for hydroxylation is 1. The van der Waals surface area contributed by atoms with Crippen LogP contribution < -0.4 is 5.32 Å². The molecule has 0 saturated heterocycles. The van der Waals surface area contributed by atoms with Crippen molar-refractivity contribution in [2.75, 3.05) is 19.8 Å². The molecule has 118 valence electrons. The first-order chi connectivity index (χ1) is 10.8. The third-order valence-electron chi connectivity index (χ3n) is 3.17. The Balaban J connectivity index is 1.52. The van der Waals surface area contributed by atoms with Crippen LogP contribution in [0.15, 0.2) is 47.2 Å². The molecule has 0 spiro atoms. The number of nitrogens with one attached hydrogen (secondary N) is 1. The van der Waals surface area contributed by atoms with E-state index < -0.39 is 0 Å². The molecule has 6 heteroatoms. The third kappa shape index (κ3) is 5.99. The summed E-state index contributed by atoms with van der Waals surface area (Å²) < 4.78 is 8.32. The van der Waals surface area contributed by atoms with E-state index in [2.05, 4.69) is 26.3 Å². The zero-order valence-corrected chi connectivity index (χ0v) is 14.0. The van der Waals surface area contributed by atoms with Crippen LogP contribution in [0.5, 0.6) is 0 Å². The zero-order chi connectivity index (χ0) is 15.6. The second kappa shape index (κ2) is 9.38. The summed E-state index contributed by atoms with van der Waals surface area (Å²) in [6.45, 7) is 2.37. The minimum Gasteiger partial charge on any atom is -0.378 e. The SMILES string of the molecule is O=C(CCc1ccccc1Br)NCCOCCn1cccn1. The van der Waals surface area contributed by atoms with E-state index in [1.165, 1.54) is 0 Å². The summed E-state index contributed by atoms with van der Waals surface area (Å²) in [6, 6.07) is 9.83. The monoisotopic (exact) mass is 365 g/mol. The Bertz CT molecular complexity index is 573. The van der Waals surface area contributed by atoms with Crippen LogP contribution >= 0.6 is 15.9 Å². The van der Waals surface area contributed by atoms with Gasteiger partial charge in [0.1, 0.15) is 0 Å². The smallest absolute Gasteiger partial charge is 0.220 e. The van der Waals surface area contributed by atoms with Gasteiger partial charge in [-0.25, -0.2) is 0 Å². The molecule has 1 aromatic carbocycles. The molecule has 0 atom stereocenters. The lowest BCUT2D eigenvalue weighted by Gasteiger charge is -2.07. The van der Waals surface area contributed by atoms with Crippen molar-refractivity contribution in [3.05, 3.63) is 52.8 Å².